The van der Waals surface area contributed by atoms with Crippen LogP contribution in [0.3, 0.4) is 0 Å². The van der Waals surface area contributed by atoms with Crippen molar-refractivity contribution in [1.82, 2.24) is 14.8 Å². The highest BCUT2D eigenvalue weighted by Gasteiger charge is 2.11. The molecule has 0 atom stereocenters. The molecule has 1 heterocycles. The summed E-state index contributed by atoms with van der Waals surface area (Å²) >= 11 is 1.69. The van der Waals surface area contributed by atoms with Crippen LogP contribution in [0.2, 0.25) is 0 Å². The fourth-order valence-electron chi connectivity index (χ4n) is 3.18. The number of thioether (sulfide) groups is 1. The summed E-state index contributed by atoms with van der Waals surface area (Å²) in [5, 5.41) is 18.8. The molecule has 0 fully saturated rings. The molecule has 0 saturated carbocycles. The van der Waals surface area contributed by atoms with Crippen LogP contribution in [0.15, 0.2) is 84.0 Å². The molecule has 0 bridgehead atoms. The Balaban J connectivity index is 1.47. The molecule has 29 heavy (non-hydrogen) atoms. The number of aryl methyl sites for hydroxylation is 1. The molecule has 3 aromatic carbocycles. The van der Waals surface area contributed by atoms with Gasteiger partial charge in [-0.1, -0.05) is 84.6 Å². The lowest BCUT2D eigenvalue weighted by Crippen LogP contribution is -2.03. The van der Waals surface area contributed by atoms with E-state index in [4.69, 9.17) is 0 Å². The Kier molecular flexibility index (Phi) is 5.73. The highest BCUT2D eigenvalue weighted by molar-refractivity contribution is 7.98. The monoisotopic (exact) mass is 396 g/mol. The molecule has 0 spiro atoms. The van der Waals surface area contributed by atoms with Gasteiger partial charge in [-0.2, -0.15) is 5.26 Å². The van der Waals surface area contributed by atoms with Gasteiger partial charge in [0.15, 0.2) is 5.16 Å². The minimum Gasteiger partial charge on any atom is -0.302 e. The van der Waals surface area contributed by atoms with Crippen molar-refractivity contribution in [3.63, 3.8) is 0 Å². The van der Waals surface area contributed by atoms with Crippen LogP contribution in [0.25, 0.3) is 11.1 Å². The summed E-state index contributed by atoms with van der Waals surface area (Å²) in [5.74, 6) is 1.73. The van der Waals surface area contributed by atoms with Gasteiger partial charge in [0.1, 0.15) is 5.82 Å². The van der Waals surface area contributed by atoms with Gasteiger partial charge in [-0.3, -0.25) is 0 Å². The van der Waals surface area contributed by atoms with E-state index < -0.39 is 0 Å². The van der Waals surface area contributed by atoms with Crippen LogP contribution in [-0.2, 0) is 12.3 Å². The first kappa shape index (κ1) is 19.0. The Bertz CT molecular complexity index is 1140. The third-order valence-electron chi connectivity index (χ3n) is 4.77. The van der Waals surface area contributed by atoms with E-state index in [9.17, 15) is 5.26 Å². The van der Waals surface area contributed by atoms with Crippen LogP contribution in [0, 0.1) is 18.3 Å². The van der Waals surface area contributed by atoms with Crippen molar-refractivity contribution < 1.29 is 0 Å². The first-order valence-electron chi connectivity index (χ1n) is 9.39. The molecule has 5 heteroatoms. The van der Waals surface area contributed by atoms with E-state index >= 15 is 0 Å². The molecule has 142 valence electrons. The standard InChI is InChI=1S/C24H20N4S/c1-18-26-27-24(28(18)16-19-7-3-2-4-8-19)29-17-20-11-13-21(14-12-20)23-10-6-5-9-22(23)15-25/h2-14H,16-17H2,1H3. The van der Waals surface area contributed by atoms with Gasteiger partial charge in [0.2, 0.25) is 0 Å². The van der Waals surface area contributed by atoms with E-state index in [0.717, 1.165) is 34.4 Å². The largest absolute Gasteiger partial charge is 0.302 e. The van der Waals surface area contributed by atoms with E-state index in [-0.39, 0.29) is 0 Å². The van der Waals surface area contributed by atoms with Crippen molar-refractivity contribution in [3.05, 3.63) is 101 Å². The number of benzene rings is 3. The number of nitriles is 1. The maximum absolute atomic E-state index is 9.31. The third-order valence-corrected chi connectivity index (χ3v) is 5.80. The second kappa shape index (κ2) is 8.76. The zero-order chi connectivity index (χ0) is 20.1. The van der Waals surface area contributed by atoms with Gasteiger partial charge in [-0.15, -0.1) is 10.2 Å². The van der Waals surface area contributed by atoms with Crippen LogP contribution in [0.1, 0.15) is 22.5 Å². The summed E-state index contributed by atoms with van der Waals surface area (Å²) in [4.78, 5) is 0. The van der Waals surface area contributed by atoms with E-state index in [0.29, 0.717) is 5.56 Å². The lowest BCUT2D eigenvalue weighted by molar-refractivity contribution is 0.688. The zero-order valence-corrected chi connectivity index (χ0v) is 16.9. The molecule has 0 aliphatic carbocycles. The molecule has 0 radical (unpaired) electrons. The smallest absolute Gasteiger partial charge is 0.191 e. The topological polar surface area (TPSA) is 54.5 Å². The average molecular weight is 397 g/mol. The molecule has 0 unspecified atom stereocenters. The molecular weight excluding hydrogens is 376 g/mol. The summed E-state index contributed by atoms with van der Waals surface area (Å²) in [6.07, 6.45) is 0. The summed E-state index contributed by atoms with van der Waals surface area (Å²) < 4.78 is 2.15. The predicted molar refractivity (Wildman–Crippen MR) is 116 cm³/mol. The summed E-state index contributed by atoms with van der Waals surface area (Å²) in [6, 6.07) is 28.7. The van der Waals surface area contributed by atoms with Crippen LogP contribution < -0.4 is 0 Å². The molecule has 0 saturated heterocycles. The highest BCUT2D eigenvalue weighted by Crippen LogP contribution is 2.26. The van der Waals surface area contributed by atoms with Crippen LogP contribution >= 0.6 is 11.8 Å². The van der Waals surface area contributed by atoms with Crippen LogP contribution in [0.4, 0.5) is 0 Å². The van der Waals surface area contributed by atoms with Gasteiger partial charge >= 0.3 is 0 Å². The molecular formula is C24H20N4S. The van der Waals surface area contributed by atoms with Crippen molar-refractivity contribution in [1.29, 1.82) is 5.26 Å². The summed E-state index contributed by atoms with van der Waals surface area (Å²) in [5.41, 5.74) is 5.16. The van der Waals surface area contributed by atoms with Crippen molar-refractivity contribution in [2.24, 2.45) is 0 Å². The minimum atomic E-state index is 0.694. The van der Waals surface area contributed by atoms with Crippen molar-refractivity contribution in [3.8, 4) is 17.2 Å². The molecule has 0 N–H and O–H groups in total. The highest BCUT2D eigenvalue weighted by atomic mass is 32.2. The normalized spacial score (nSPS) is 10.6. The number of nitrogens with zero attached hydrogens (tertiary/aromatic N) is 4. The Morgan fingerprint density at radius 2 is 1.59 bits per heavy atom. The van der Waals surface area contributed by atoms with E-state index in [1.165, 1.54) is 11.1 Å². The summed E-state index contributed by atoms with van der Waals surface area (Å²) in [7, 11) is 0. The van der Waals surface area contributed by atoms with E-state index in [1.54, 1.807) is 11.8 Å². The van der Waals surface area contributed by atoms with Crippen LogP contribution in [-0.4, -0.2) is 14.8 Å². The Morgan fingerprint density at radius 1 is 0.862 bits per heavy atom. The van der Waals surface area contributed by atoms with Crippen molar-refractivity contribution in [2.45, 2.75) is 24.4 Å². The number of aromatic nitrogens is 3. The average Bonchev–Trinajstić information content (AvgIpc) is 3.12. The van der Waals surface area contributed by atoms with E-state index in [1.807, 2.05) is 49.4 Å². The Labute approximate surface area is 174 Å². The van der Waals surface area contributed by atoms with Gasteiger partial charge in [0.25, 0.3) is 0 Å². The zero-order valence-electron chi connectivity index (χ0n) is 16.1. The lowest BCUT2D eigenvalue weighted by atomic mass is 10.00. The molecule has 4 aromatic rings. The molecule has 0 aliphatic rings. The van der Waals surface area contributed by atoms with Gasteiger partial charge in [0, 0.05) is 5.75 Å². The number of rotatable bonds is 6. The maximum Gasteiger partial charge on any atom is 0.191 e. The van der Waals surface area contributed by atoms with Crippen molar-refractivity contribution >= 4 is 11.8 Å². The second-order valence-electron chi connectivity index (χ2n) is 6.74. The Morgan fingerprint density at radius 3 is 2.34 bits per heavy atom. The first-order chi connectivity index (χ1) is 14.2. The fraction of sp³-hybridized carbons (Fsp3) is 0.125. The molecule has 4 nitrogen and oxygen atoms in total. The molecule has 0 aliphatic heterocycles. The Hall–Kier alpha value is -3.36. The van der Waals surface area contributed by atoms with Crippen LogP contribution in [0.5, 0.6) is 0 Å². The summed E-state index contributed by atoms with van der Waals surface area (Å²) in [6.45, 7) is 2.76. The molecule has 4 rings (SSSR count). The maximum atomic E-state index is 9.31. The van der Waals surface area contributed by atoms with Gasteiger partial charge in [-0.05, 0) is 35.2 Å². The number of hydrogen-bond acceptors (Lipinski definition) is 4. The number of hydrogen-bond donors (Lipinski definition) is 0. The molecule has 0 amide bonds. The van der Waals surface area contributed by atoms with Gasteiger partial charge in [0.05, 0.1) is 18.2 Å². The lowest BCUT2D eigenvalue weighted by Gasteiger charge is -2.09. The second-order valence-corrected chi connectivity index (χ2v) is 7.69. The van der Waals surface area contributed by atoms with Gasteiger partial charge in [-0.25, -0.2) is 0 Å². The SMILES string of the molecule is Cc1nnc(SCc2ccc(-c3ccccc3C#N)cc2)n1Cc1ccccc1. The first-order valence-corrected chi connectivity index (χ1v) is 10.4. The van der Waals surface area contributed by atoms with E-state index in [2.05, 4.69) is 57.2 Å². The predicted octanol–water partition coefficient (Wildman–Crippen LogP) is 5.47. The fourth-order valence-corrected chi connectivity index (χ4v) is 4.12. The van der Waals surface area contributed by atoms with Gasteiger partial charge < -0.3 is 4.57 Å². The third kappa shape index (κ3) is 4.39. The minimum absolute atomic E-state index is 0.694. The quantitative estimate of drug-likeness (QED) is 0.406. The molecule has 1 aromatic heterocycles. The van der Waals surface area contributed by atoms with Crippen molar-refractivity contribution in [2.75, 3.05) is 0 Å².